The quantitative estimate of drug-likeness (QED) is 0.293. The third kappa shape index (κ3) is 5.37. The van der Waals surface area contributed by atoms with Crippen molar-refractivity contribution in [2.24, 2.45) is 4.99 Å². The Balaban J connectivity index is 1.58. The topological polar surface area (TPSA) is 73.8 Å². The van der Waals surface area contributed by atoms with Crippen molar-refractivity contribution in [3.63, 3.8) is 0 Å². The highest BCUT2D eigenvalue weighted by Gasteiger charge is 2.33. The molecule has 5 rings (SSSR count). The van der Waals surface area contributed by atoms with Crippen LogP contribution in [0.2, 0.25) is 5.02 Å². The summed E-state index contributed by atoms with van der Waals surface area (Å²) >= 11 is 8.88. The average Bonchev–Trinajstić information content (AvgIpc) is 3.42. The van der Waals surface area contributed by atoms with Crippen molar-refractivity contribution in [2.75, 3.05) is 0 Å². The maximum Gasteiger partial charge on any atom is 0.338 e. The number of esters is 1. The number of hydrogen-bond acceptors (Lipinski definition) is 7. The van der Waals surface area contributed by atoms with Crippen LogP contribution in [0.4, 0.5) is 0 Å². The molecule has 4 aromatic rings. The summed E-state index contributed by atoms with van der Waals surface area (Å²) in [5.74, 6) is 0.0565. The number of fused-ring (bicyclic) bond motifs is 1. The zero-order chi connectivity index (χ0) is 26.1. The molecular weight excluding hydrogens is 528 g/mol. The number of ether oxygens (including phenoxy) is 1. The van der Waals surface area contributed by atoms with Crippen LogP contribution in [0.25, 0.3) is 6.08 Å². The Bertz CT molecular complexity index is 1670. The zero-order valence-electron chi connectivity index (χ0n) is 20.3. The highest BCUT2D eigenvalue weighted by Crippen LogP contribution is 2.32. The third-order valence-electron chi connectivity index (χ3n) is 5.61. The minimum Gasteiger partial charge on any atom is -0.459 e. The molecular formula is C28H23ClN2O4S2. The van der Waals surface area contributed by atoms with Crippen molar-refractivity contribution in [3.8, 4) is 0 Å². The highest BCUT2D eigenvalue weighted by molar-refractivity contribution is 7.99. The number of rotatable bonds is 6. The second-order valence-corrected chi connectivity index (χ2v) is 11.2. The number of aromatic nitrogens is 1. The first-order chi connectivity index (χ1) is 17.8. The molecule has 0 aliphatic carbocycles. The monoisotopic (exact) mass is 550 g/mol. The van der Waals surface area contributed by atoms with Crippen LogP contribution in [-0.2, 0) is 9.53 Å². The fourth-order valence-electron chi connectivity index (χ4n) is 4.02. The van der Waals surface area contributed by atoms with E-state index in [-0.39, 0.29) is 11.7 Å². The van der Waals surface area contributed by atoms with Crippen LogP contribution in [0.15, 0.2) is 102 Å². The van der Waals surface area contributed by atoms with Crippen LogP contribution in [0, 0.1) is 0 Å². The Labute approximate surface area is 226 Å². The molecule has 3 heterocycles. The molecule has 2 aromatic heterocycles. The Kier molecular flexibility index (Phi) is 7.24. The standard InChI is InChI=1S/C28H23ClN2O4S2/c1-16(2)34-27(33)24-17(3)30-28-31(25(24)18-9-11-19(29)12-10-18)26(32)22(37-28)15-20-13-14-23(35-20)36-21-7-5-4-6-8-21/h4-16,25H,1-3H3/t25-/m1/s1. The van der Waals surface area contributed by atoms with Crippen LogP contribution < -0.4 is 14.9 Å². The van der Waals surface area contributed by atoms with Gasteiger partial charge in [-0.2, -0.15) is 0 Å². The summed E-state index contributed by atoms with van der Waals surface area (Å²) in [6.07, 6.45) is 1.40. The molecule has 0 saturated heterocycles. The first-order valence-electron chi connectivity index (χ1n) is 11.6. The van der Waals surface area contributed by atoms with E-state index in [0.717, 1.165) is 15.6 Å². The van der Waals surface area contributed by atoms with E-state index in [1.54, 1.807) is 43.5 Å². The number of benzene rings is 2. The number of allylic oxidation sites excluding steroid dienone is 1. The zero-order valence-corrected chi connectivity index (χ0v) is 22.7. The predicted octanol–water partition coefficient (Wildman–Crippen LogP) is 5.58. The van der Waals surface area contributed by atoms with Gasteiger partial charge >= 0.3 is 5.97 Å². The largest absolute Gasteiger partial charge is 0.459 e. The Morgan fingerprint density at radius 1 is 1.14 bits per heavy atom. The van der Waals surface area contributed by atoms with E-state index < -0.39 is 12.0 Å². The molecule has 1 aliphatic heterocycles. The van der Waals surface area contributed by atoms with Crippen molar-refractivity contribution >= 4 is 46.7 Å². The molecule has 0 saturated carbocycles. The van der Waals surface area contributed by atoms with Gasteiger partial charge in [0.05, 0.1) is 27.9 Å². The van der Waals surface area contributed by atoms with Crippen LogP contribution in [-0.4, -0.2) is 16.6 Å². The number of thiazole rings is 1. The Morgan fingerprint density at radius 2 is 1.86 bits per heavy atom. The fraction of sp³-hybridized carbons (Fsp3) is 0.179. The van der Waals surface area contributed by atoms with Gasteiger partial charge in [0.1, 0.15) is 5.76 Å². The number of carbonyl (C=O) groups is 1. The number of carbonyl (C=O) groups excluding carboxylic acids is 1. The molecule has 6 nitrogen and oxygen atoms in total. The summed E-state index contributed by atoms with van der Waals surface area (Å²) in [6.45, 7) is 5.33. The molecule has 0 amide bonds. The molecule has 37 heavy (non-hydrogen) atoms. The highest BCUT2D eigenvalue weighted by atomic mass is 35.5. The number of nitrogens with zero attached hydrogens (tertiary/aromatic N) is 2. The first-order valence-corrected chi connectivity index (χ1v) is 13.6. The molecule has 188 valence electrons. The van der Waals surface area contributed by atoms with Gasteiger partial charge in [0.15, 0.2) is 9.89 Å². The lowest BCUT2D eigenvalue weighted by Gasteiger charge is -2.25. The van der Waals surface area contributed by atoms with E-state index in [0.29, 0.717) is 31.4 Å². The van der Waals surface area contributed by atoms with Crippen LogP contribution in [0.1, 0.15) is 38.1 Å². The molecule has 0 N–H and O–H groups in total. The SMILES string of the molecule is CC1=C(C(=O)OC(C)C)[C@@H](c2ccc(Cl)cc2)n2c(sc(=Cc3ccc(Sc4ccccc4)o3)c2=O)=N1. The molecule has 1 atom stereocenters. The van der Waals surface area contributed by atoms with Gasteiger partial charge in [-0.15, -0.1) is 0 Å². The van der Waals surface area contributed by atoms with Gasteiger partial charge in [-0.25, -0.2) is 9.79 Å². The van der Waals surface area contributed by atoms with Crippen molar-refractivity contribution in [3.05, 3.63) is 114 Å². The summed E-state index contributed by atoms with van der Waals surface area (Å²) in [5.41, 5.74) is 1.31. The molecule has 0 radical (unpaired) electrons. The maximum absolute atomic E-state index is 13.7. The fourth-order valence-corrected chi connectivity index (χ4v) is 5.97. The smallest absolute Gasteiger partial charge is 0.338 e. The summed E-state index contributed by atoms with van der Waals surface area (Å²) in [7, 11) is 0. The van der Waals surface area contributed by atoms with Crippen molar-refractivity contribution in [2.45, 2.75) is 42.9 Å². The lowest BCUT2D eigenvalue weighted by Crippen LogP contribution is -2.40. The average molecular weight is 551 g/mol. The van der Waals surface area contributed by atoms with E-state index in [1.165, 1.54) is 23.1 Å². The van der Waals surface area contributed by atoms with E-state index in [2.05, 4.69) is 4.99 Å². The Morgan fingerprint density at radius 3 is 2.57 bits per heavy atom. The van der Waals surface area contributed by atoms with Crippen LogP contribution in [0.3, 0.4) is 0 Å². The van der Waals surface area contributed by atoms with Crippen molar-refractivity contribution < 1.29 is 13.9 Å². The number of halogens is 1. The van der Waals surface area contributed by atoms with Gasteiger partial charge in [-0.05, 0) is 62.7 Å². The summed E-state index contributed by atoms with van der Waals surface area (Å²) < 4.78 is 13.5. The van der Waals surface area contributed by atoms with Gasteiger partial charge in [-0.1, -0.05) is 65.0 Å². The second kappa shape index (κ2) is 10.6. The second-order valence-electron chi connectivity index (χ2n) is 8.66. The maximum atomic E-state index is 13.7. The molecule has 2 aromatic carbocycles. The molecule has 1 aliphatic rings. The summed E-state index contributed by atoms with van der Waals surface area (Å²) in [6, 6.07) is 20.0. The van der Waals surface area contributed by atoms with Crippen molar-refractivity contribution in [1.29, 1.82) is 0 Å². The van der Waals surface area contributed by atoms with Gasteiger partial charge < -0.3 is 9.15 Å². The van der Waals surface area contributed by atoms with Crippen LogP contribution >= 0.6 is 34.7 Å². The molecule has 0 unspecified atom stereocenters. The van der Waals surface area contributed by atoms with Crippen LogP contribution in [0.5, 0.6) is 0 Å². The van der Waals surface area contributed by atoms with E-state index >= 15 is 0 Å². The number of hydrogen-bond donors (Lipinski definition) is 0. The molecule has 0 bridgehead atoms. The minimum atomic E-state index is -0.692. The van der Waals surface area contributed by atoms with Gasteiger partial charge in [0.2, 0.25) is 0 Å². The normalized spacial score (nSPS) is 15.6. The van der Waals surface area contributed by atoms with E-state index in [9.17, 15) is 9.59 Å². The molecule has 9 heteroatoms. The Hall–Kier alpha value is -3.33. The lowest BCUT2D eigenvalue weighted by atomic mass is 9.96. The first kappa shape index (κ1) is 25.3. The summed E-state index contributed by atoms with van der Waals surface area (Å²) in [5, 5.41) is 1.28. The third-order valence-corrected chi connectivity index (χ3v) is 7.77. The minimum absolute atomic E-state index is 0.264. The van der Waals surface area contributed by atoms with Gasteiger partial charge in [-0.3, -0.25) is 9.36 Å². The molecule has 0 fully saturated rings. The predicted molar refractivity (Wildman–Crippen MR) is 146 cm³/mol. The van der Waals surface area contributed by atoms with Gasteiger partial charge in [0, 0.05) is 16.0 Å². The van der Waals surface area contributed by atoms with E-state index in [1.807, 2.05) is 54.6 Å². The summed E-state index contributed by atoms with van der Waals surface area (Å²) in [4.78, 5) is 33.0. The number of furan rings is 1. The van der Waals surface area contributed by atoms with Gasteiger partial charge in [0.25, 0.3) is 5.56 Å². The molecule has 0 spiro atoms. The van der Waals surface area contributed by atoms with Crippen molar-refractivity contribution in [1.82, 2.24) is 4.57 Å². The lowest BCUT2D eigenvalue weighted by molar-refractivity contribution is -0.143. The van der Waals surface area contributed by atoms with E-state index in [4.69, 9.17) is 20.8 Å².